The van der Waals surface area contributed by atoms with Crippen molar-refractivity contribution in [2.75, 3.05) is 5.32 Å². The van der Waals surface area contributed by atoms with Crippen LogP contribution in [0, 0.1) is 6.92 Å². The number of thiophene rings is 1. The second-order valence-electron chi connectivity index (χ2n) is 4.37. The van der Waals surface area contributed by atoms with Crippen LogP contribution in [0.5, 0.6) is 0 Å². The lowest BCUT2D eigenvalue weighted by Crippen LogP contribution is -2.11. The van der Waals surface area contributed by atoms with Crippen LogP contribution in [-0.2, 0) is 0 Å². The Morgan fingerprint density at radius 1 is 1.25 bits per heavy atom. The number of aryl methyl sites for hydroxylation is 1. The molecule has 5 heteroatoms. The first kappa shape index (κ1) is 12.6. The van der Waals surface area contributed by atoms with Crippen molar-refractivity contribution in [3.63, 3.8) is 0 Å². The van der Waals surface area contributed by atoms with E-state index in [4.69, 9.17) is 4.52 Å². The Balaban J connectivity index is 1.75. The third-order valence-corrected chi connectivity index (χ3v) is 3.73. The Morgan fingerprint density at radius 3 is 2.75 bits per heavy atom. The van der Waals surface area contributed by atoms with Crippen molar-refractivity contribution in [3.05, 3.63) is 59.0 Å². The number of nitrogens with zero attached hydrogens (tertiary/aromatic N) is 1. The summed E-state index contributed by atoms with van der Waals surface area (Å²) in [4.78, 5) is 13.0. The molecule has 0 bridgehead atoms. The second kappa shape index (κ2) is 5.30. The molecule has 20 heavy (non-hydrogen) atoms. The maximum Gasteiger partial charge on any atom is 0.258 e. The molecular formula is C15H12N2O2S. The standard InChI is InChI=1S/C15H12N2O2S/c1-10-4-6-11(7-5-10)15(18)16-14-9-12(17-19-14)13-3-2-8-20-13/h2-9H,1H3,(H,16,18). The Morgan fingerprint density at radius 2 is 2.05 bits per heavy atom. The summed E-state index contributed by atoms with van der Waals surface area (Å²) in [5.74, 6) is 0.137. The summed E-state index contributed by atoms with van der Waals surface area (Å²) in [6.45, 7) is 1.98. The molecule has 1 amide bonds. The third-order valence-electron chi connectivity index (χ3n) is 2.83. The van der Waals surface area contributed by atoms with Gasteiger partial charge >= 0.3 is 0 Å². The molecule has 1 aromatic carbocycles. The molecule has 0 radical (unpaired) electrons. The number of carbonyl (C=O) groups excluding carboxylic acids is 1. The van der Waals surface area contributed by atoms with Gasteiger partial charge in [-0.25, -0.2) is 0 Å². The molecule has 0 spiro atoms. The highest BCUT2D eigenvalue weighted by molar-refractivity contribution is 7.13. The number of anilines is 1. The van der Waals surface area contributed by atoms with Crippen LogP contribution in [0.1, 0.15) is 15.9 Å². The van der Waals surface area contributed by atoms with Crippen molar-refractivity contribution < 1.29 is 9.32 Å². The average molecular weight is 284 g/mol. The van der Waals surface area contributed by atoms with Crippen LogP contribution in [-0.4, -0.2) is 11.1 Å². The van der Waals surface area contributed by atoms with E-state index in [1.54, 1.807) is 29.5 Å². The van der Waals surface area contributed by atoms with Gasteiger partial charge in [0.15, 0.2) is 0 Å². The molecule has 0 aliphatic rings. The maximum absolute atomic E-state index is 12.0. The van der Waals surface area contributed by atoms with Crippen LogP contribution in [0.3, 0.4) is 0 Å². The quantitative estimate of drug-likeness (QED) is 0.792. The zero-order chi connectivity index (χ0) is 13.9. The van der Waals surface area contributed by atoms with E-state index in [1.165, 1.54) is 0 Å². The molecule has 2 heterocycles. The first-order chi connectivity index (χ1) is 9.72. The summed E-state index contributed by atoms with van der Waals surface area (Å²) in [5, 5.41) is 8.60. The number of aromatic nitrogens is 1. The summed E-state index contributed by atoms with van der Waals surface area (Å²) in [6.07, 6.45) is 0. The van der Waals surface area contributed by atoms with Crippen LogP contribution in [0.15, 0.2) is 52.4 Å². The van der Waals surface area contributed by atoms with Gasteiger partial charge in [-0.15, -0.1) is 11.3 Å². The summed E-state index contributed by atoms with van der Waals surface area (Å²) >= 11 is 1.57. The van der Waals surface area contributed by atoms with Gasteiger partial charge in [0, 0.05) is 11.6 Å². The van der Waals surface area contributed by atoms with Gasteiger partial charge in [-0.1, -0.05) is 28.9 Å². The van der Waals surface area contributed by atoms with Gasteiger partial charge in [-0.2, -0.15) is 0 Å². The molecular weight excluding hydrogens is 272 g/mol. The zero-order valence-corrected chi connectivity index (χ0v) is 11.6. The molecule has 0 aliphatic carbocycles. The fraction of sp³-hybridized carbons (Fsp3) is 0.0667. The number of amides is 1. The SMILES string of the molecule is Cc1ccc(C(=O)Nc2cc(-c3cccs3)no2)cc1. The number of hydrogen-bond acceptors (Lipinski definition) is 4. The minimum atomic E-state index is -0.209. The minimum absolute atomic E-state index is 0.209. The largest absolute Gasteiger partial charge is 0.338 e. The van der Waals surface area contributed by atoms with Crippen molar-refractivity contribution in [1.82, 2.24) is 5.16 Å². The lowest BCUT2D eigenvalue weighted by Gasteiger charge is -2.01. The van der Waals surface area contributed by atoms with Crippen molar-refractivity contribution in [1.29, 1.82) is 0 Å². The first-order valence-electron chi connectivity index (χ1n) is 6.11. The van der Waals surface area contributed by atoms with E-state index in [1.807, 2.05) is 36.6 Å². The van der Waals surface area contributed by atoms with Gasteiger partial charge in [-0.05, 0) is 30.5 Å². The van der Waals surface area contributed by atoms with Crippen LogP contribution < -0.4 is 5.32 Å². The van der Waals surface area contributed by atoms with Crippen LogP contribution in [0.4, 0.5) is 5.88 Å². The topological polar surface area (TPSA) is 55.1 Å². The van der Waals surface area contributed by atoms with E-state index in [0.717, 1.165) is 16.1 Å². The molecule has 3 rings (SSSR count). The van der Waals surface area contributed by atoms with E-state index in [-0.39, 0.29) is 5.91 Å². The molecule has 0 saturated heterocycles. The molecule has 0 aliphatic heterocycles. The van der Waals surface area contributed by atoms with E-state index < -0.39 is 0 Å². The van der Waals surface area contributed by atoms with Crippen LogP contribution in [0.2, 0.25) is 0 Å². The molecule has 4 nitrogen and oxygen atoms in total. The first-order valence-corrected chi connectivity index (χ1v) is 6.99. The smallest absolute Gasteiger partial charge is 0.258 e. The molecule has 0 fully saturated rings. The molecule has 3 aromatic rings. The lowest BCUT2D eigenvalue weighted by molar-refractivity contribution is 0.102. The predicted molar refractivity (Wildman–Crippen MR) is 78.9 cm³/mol. The number of carbonyl (C=O) groups is 1. The maximum atomic E-state index is 12.0. The van der Waals surface area contributed by atoms with Gasteiger partial charge in [0.1, 0.15) is 5.69 Å². The van der Waals surface area contributed by atoms with Gasteiger partial charge in [0.2, 0.25) is 5.88 Å². The molecule has 0 saturated carbocycles. The van der Waals surface area contributed by atoms with Gasteiger partial charge in [0.05, 0.1) is 4.88 Å². The zero-order valence-electron chi connectivity index (χ0n) is 10.8. The minimum Gasteiger partial charge on any atom is -0.338 e. The summed E-state index contributed by atoms with van der Waals surface area (Å²) in [5.41, 5.74) is 2.42. The molecule has 1 N–H and O–H groups in total. The van der Waals surface area contributed by atoms with E-state index in [0.29, 0.717) is 11.4 Å². The van der Waals surface area contributed by atoms with E-state index in [2.05, 4.69) is 10.5 Å². The van der Waals surface area contributed by atoms with Crippen molar-refractivity contribution in [2.24, 2.45) is 0 Å². The van der Waals surface area contributed by atoms with Gasteiger partial charge in [0.25, 0.3) is 5.91 Å². The number of benzene rings is 1. The Bertz CT molecular complexity index is 715. The lowest BCUT2D eigenvalue weighted by atomic mass is 10.1. The second-order valence-corrected chi connectivity index (χ2v) is 5.32. The predicted octanol–water partition coefficient (Wildman–Crippen LogP) is 3.96. The Hall–Kier alpha value is -2.40. The normalized spacial score (nSPS) is 10.4. The Kier molecular flexibility index (Phi) is 3.35. The summed E-state index contributed by atoms with van der Waals surface area (Å²) < 4.78 is 5.13. The number of nitrogens with one attached hydrogen (secondary N) is 1. The van der Waals surface area contributed by atoms with Crippen molar-refractivity contribution >= 4 is 23.1 Å². The number of rotatable bonds is 3. The van der Waals surface area contributed by atoms with Crippen molar-refractivity contribution in [3.8, 4) is 10.6 Å². The summed E-state index contributed by atoms with van der Waals surface area (Å²) in [6, 6.07) is 13.0. The van der Waals surface area contributed by atoms with Crippen LogP contribution in [0.25, 0.3) is 10.6 Å². The molecule has 2 aromatic heterocycles. The number of hydrogen-bond donors (Lipinski definition) is 1. The monoisotopic (exact) mass is 284 g/mol. The highest BCUT2D eigenvalue weighted by Crippen LogP contribution is 2.26. The van der Waals surface area contributed by atoms with E-state index in [9.17, 15) is 4.79 Å². The Labute approximate surface area is 120 Å². The third kappa shape index (κ3) is 2.62. The fourth-order valence-electron chi connectivity index (χ4n) is 1.76. The van der Waals surface area contributed by atoms with E-state index >= 15 is 0 Å². The van der Waals surface area contributed by atoms with Gasteiger partial charge in [-0.3, -0.25) is 10.1 Å². The highest BCUT2D eigenvalue weighted by Gasteiger charge is 2.11. The average Bonchev–Trinajstić information content (AvgIpc) is 3.09. The molecule has 0 unspecified atom stereocenters. The van der Waals surface area contributed by atoms with Crippen molar-refractivity contribution in [2.45, 2.75) is 6.92 Å². The highest BCUT2D eigenvalue weighted by atomic mass is 32.1. The fourth-order valence-corrected chi connectivity index (χ4v) is 2.44. The van der Waals surface area contributed by atoms with Crippen LogP contribution >= 0.6 is 11.3 Å². The van der Waals surface area contributed by atoms with Gasteiger partial charge < -0.3 is 4.52 Å². The molecule has 100 valence electrons. The molecule has 0 atom stereocenters. The summed E-state index contributed by atoms with van der Waals surface area (Å²) in [7, 11) is 0.